The van der Waals surface area contributed by atoms with E-state index in [1.54, 1.807) is 4.90 Å². The first-order chi connectivity index (χ1) is 13.9. The van der Waals surface area contributed by atoms with E-state index in [4.69, 9.17) is 23.2 Å². The number of anilines is 2. The van der Waals surface area contributed by atoms with Gasteiger partial charge in [0, 0.05) is 30.5 Å². The fourth-order valence-electron chi connectivity index (χ4n) is 5.17. The lowest BCUT2D eigenvalue weighted by Gasteiger charge is -2.36. The second kappa shape index (κ2) is 7.56. The van der Waals surface area contributed by atoms with Gasteiger partial charge < -0.3 is 15.5 Å². The molecule has 1 saturated carbocycles. The van der Waals surface area contributed by atoms with Crippen LogP contribution in [0.1, 0.15) is 36.8 Å². The standard InChI is InChI=1S/C22H22Cl2FN3O.ClH/c1-28-17-11-13(3-4-14(17)21(20(28)29)7-2-8-21)27-22(9-10-26-12-22)18-16(25)6-5-15(23)19(18)24;/h3-6,11,26-27H,2,7-10,12H2,1H3;1H. The number of hydrogen-bond donors (Lipinski definition) is 2. The Morgan fingerprint density at radius 2 is 1.93 bits per heavy atom. The predicted molar refractivity (Wildman–Crippen MR) is 122 cm³/mol. The Morgan fingerprint density at radius 1 is 1.17 bits per heavy atom. The van der Waals surface area contributed by atoms with Crippen LogP contribution in [0.4, 0.5) is 15.8 Å². The Kier molecular flexibility index (Phi) is 5.46. The first-order valence-corrected chi connectivity index (χ1v) is 10.7. The molecule has 1 atom stereocenters. The van der Waals surface area contributed by atoms with Gasteiger partial charge in [-0.3, -0.25) is 4.79 Å². The molecule has 3 aliphatic rings. The van der Waals surface area contributed by atoms with Gasteiger partial charge in [0.2, 0.25) is 5.91 Å². The third-order valence-corrected chi connectivity index (χ3v) is 7.66. The topological polar surface area (TPSA) is 44.4 Å². The number of halogens is 4. The maximum absolute atomic E-state index is 14.9. The summed E-state index contributed by atoms with van der Waals surface area (Å²) < 4.78 is 14.9. The number of nitrogens with one attached hydrogen (secondary N) is 2. The van der Waals surface area contributed by atoms with Crippen LogP contribution in [0.3, 0.4) is 0 Å². The molecule has 1 amide bonds. The number of fused-ring (bicyclic) bond motifs is 2. The average Bonchev–Trinajstić information content (AvgIpc) is 3.21. The fourth-order valence-corrected chi connectivity index (χ4v) is 5.66. The zero-order valence-corrected chi connectivity index (χ0v) is 18.9. The Hall–Kier alpha value is -1.53. The lowest BCUT2D eigenvalue weighted by Crippen LogP contribution is -2.43. The molecule has 2 N–H and O–H groups in total. The second-order valence-electron chi connectivity index (χ2n) is 8.38. The molecule has 2 aliphatic heterocycles. The predicted octanol–water partition coefficient (Wildman–Crippen LogP) is 5.25. The van der Waals surface area contributed by atoms with Crippen molar-refractivity contribution in [3.63, 3.8) is 0 Å². The number of nitrogens with zero attached hydrogens (tertiary/aromatic N) is 1. The van der Waals surface area contributed by atoms with Crippen LogP contribution in [-0.2, 0) is 15.7 Å². The summed E-state index contributed by atoms with van der Waals surface area (Å²) >= 11 is 12.6. The van der Waals surface area contributed by atoms with Gasteiger partial charge in [-0.1, -0.05) is 35.7 Å². The molecule has 0 radical (unpaired) electrons. The van der Waals surface area contributed by atoms with Crippen LogP contribution < -0.4 is 15.5 Å². The SMILES string of the molecule is CN1C(=O)C2(CCC2)c2ccc(NC3(c4c(F)ccc(Cl)c4Cl)CCNC3)cc21.Cl. The molecule has 2 fully saturated rings. The van der Waals surface area contributed by atoms with E-state index in [0.29, 0.717) is 23.6 Å². The largest absolute Gasteiger partial charge is 0.374 e. The average molecular weight is 471 g/mol. The summed E-state index contributed by atoms with van der Waals surface area (Å²) in [5.41, 5.74) is 2.20. The van der Waals surface area contributed by atoms with Crippen LogP contribution in [0.5, 0.6) is 0 Å². The Balaban J connectivity index is 0.00000218. The summed E-state index contributed by atoms with van der Waals surface area (Å²) in [4.78, 5) is 14.6. The highest BCUT2D eigenvalue weighted by Crippen LogP contribution is 2.53. The number of likely N-dealkylation sites (N-methyl/N-ethyl adjacent to an activating group) is 1. The molecule has 4 nitrogen and oxygen atoms in total. The Labute approximate surface area is 191 Å². The van der Waals surface area contributed by atoms with Gasteiger partial charge in [-0.2, -0.15) is 0 Å². The summed E-state index contributed by atoms with van der Waals surface area (Å²) in [5.74, 6) is -0.199. The molecule has 0 aromatic heterocycles. The lowest BCUT2D eigenvalue weighted by molar-refractivity contribution is -0.125. The van der Waals surface area contributed by atoms with E-state index in [1.165, 1.54) is 12.1 Å². The van der Waals surface area contributed by atoms with Crippen LogP contribution >= 0.6 is 35.6 Å². The van der Waals surface area contributed by atoms with Crippen LogP contribution in [0.2, 0.25) is 10.0 Å². The molecular weight excluding hydrogens is 448 g/mol. The van der Waals surface area contributed by atoms with Crippen molar-refractivity contribution in [3.8, 4) is 0 Å². The van der Waals surface area contributed by atoms with Gasteiger partial charge >= 0.3 is 0 Å². The minimum atomic E-state index is -0.713. The highest BCUT2D eigenvalue weighted by atomic mass is 35.5. The number of benzene rings is 2. The van der Waals surface area contributed by atoms with Crippen LogP contribution in [-0.4, -0.2) is 26.0 Å². The third-order valence-electron chi connectivity index (χ3n) is 6.86. The number of carbonyl (C=O) groups is 1. The van der Waals surface area contributed by atoms with E-state index in [0.717, 1.165) is 42.7 Å². The molecule has 1 aliphatic carbocycles. The van der Waals surface area contributed by atoms with Crippen LogP contribution in [0.25, 0.3) is 0 Å². The molecule has 2 aromatic carbocycles. The molecule has 1 unspecified atom stereocenters. The van der Waals surface area contributed by atoms with E-state index in [9.17, 15) is 9.18 Å². The summed E-state index contributed by atoms with van der Waals surface area (Å²) in [6.07, 6.45) is 3.57. The summed E-state index contributed by atoms with van der Waals surface area (Å²) in [6, 6.07) is 8.87. The van der Waals surface area contributed by atoms with Gasteiger partial charge in [-0.15, -0.1) is 12.4 Å². The molecule has 0 bridgehead atoms. The van der Waals surface area contributed by atoms with Gasteiger partial charge in [0.15, 0.2) is 0 Å². The van der Waals surface area contributed by atoms with Crippen molar-refractivity contribution in [1.29, 1.82) is 0 Å². The third kappa shape index (κ3) is 2.94. The van der Waals surface area contributed by atoms with Crippen LogP contribution in [0, 0.1) is 5.82 Å². The summed E-state index contributed by atoms with van der Waals surface area (Å²) in [6.45, 7) is 1.27. The van der Waals surface area contributed by atoms with E-state index >= 15 is 0 Å². The van der Waals surface area contributed by atoms with Crippen molar-refractivity contribution in [1.82, 2.24) is 5.32 Å². The zero-order valence-electron chi connectivity index (χ0n) is 16.5. The van der Waals surface area contributed by atoms with Crippen molar-refractivity contribution in [3.05, 3.63) is 57.3 Å². The van der Waals surface area contributed by atoms with Gasteiger partial charge in [-0.05, 0) is 55.6 Å². The maximum atomic E-state index is 14.9. The van der Waals surface area contributed by atoms with E-state index < -0.39 is 5.54 Å². The number of rotatable bonds is 3. The molecule has 5 rings (SSSR count). The molecule has 2 aromatic rings. The van der Waals surface area contributed by atoms with Gasteiger partial charge in [0.1, 0.15) is 5.82 Å². The molecule has 160 valence electrons. The van der Waals surface area contributed by atoms with E-state index in [2.05, 4.69) is 10.6 Å². The smallest absolute Gasteiger partial charge is 0.237 e. The Morgan fingerprint density at radius 3 is 2.57 bits per heavy atom. The van der Waals surface area contributed by atoms with Crippen LogP contribution in [0.15, 0.2) is 30.3 Å². The monoisotopic (exact) mass is 469 g/mol. The molecule has 8 heteroatoms. The van der Waals surface area contributed by atoms with Crippen molar-refractivity contribution < 1.29 is 9.18 Å². The van der Waals surface area contributed by atoms with E-state index in [-0.39, 0.29) is 34.6 Å². The highest BCUT2D eigenvalue weighted by Gasteiger charge is 2.53. The minimum Gasteiger partial charge on any atom is -0.374 e. The molecule has 2 heterocycles. The maximum Gasteiger partial charge on any atom is 0.237 e. The number of amides is 1. The first kappa shape index (κ1) is 21.7. The minimum absolute atomic E-state index is 0. The normalized spacial score (nSPS) is 23.9. The number of hydrogen-bond acceptors (Lipinski definition) is 3. The molecular formula is C22H23Cl3FN3O. The van der Waals surface area contributed by atoms with Crippen molar-refractivity contribution >= 4 is 52.9 Å². The molecule has 1 spiro atoms. The van der Waals surface area contributed by atoms with E-state index in [1.807, 2.05) is 25.2 Å². The first-order valence-electron chi connectivity index (χ1n) is 9.94. The van der Waals surface area contributed by atoms with Crippen molar-refractivity contribution in [2.24, 2.45) is 0 Å². The molecule has 1 saturated heterocycles. The quantitative estimate of drug-likeness (QED) is 0.602. The zero-order chi connectivity index (χ0) is 20.4. The summed E-state index contributed by atoms with van der Waals surface area (Å²) in [5, 5.41) is 7.41. The second-order valence-corrected chi connectivity index (χ2v) is 9.17. The Bertz CT molecular complexity index is 1020. The number of carbonyl (C=O) groups excluding carboxylic acids is 1. The fraction of sp³-hybridized carbons (Fsp3) is 0.409. The van der Waals surface area contributed by atoms with Gasteiger partial charge in [-0.25, -0.2) is 4.39 Å². The lowest BCUT2D eigenvalue weighted by atomic mass is 9.65. The molecule has 30 heavy (non-hydrogen) atoms. The summed E-state index contributed by atoms with van der Waals surface area (Å²) in [7, 11) is 1.83. The van der Waals surface area contributed by atoms with Crippen molar-refractivity contribution in [2.75, 3.05) is 30.4 Å². The van der Waals surface area contributed by atoms with Crippen molar-refractivity contribution in [2.45, 2.75) is 36.6 Å². The van der Waals surface area contributed by atoms with Gasteiger partial charge in [0.25, 0.3) is 0 Å². The highest BCUT2D eigenvalue weighted by molar-refractivity contribution is 6.42. The van der Waals surface area contributed by atoms with Gasteiger partial charge in [0.05, 0.1) is 21.0 Å².